The van der Waals surface area contributed by atoms with Gasteiger partial charge in [-0.15, -0.1) is 0 Å². The van der Waals surface area contributed by atoms with Gasteiger partial charge in [-0.25, -0.2) is 13.1 Å². The Morgan fingerprint density at radius 3 is 2.47 bits per heavy atom. The van der Waals surface area contributed by atoms with Crippen LogP contribution < -0.4 is 10.0 Å². The molecule has 1 saturated heterocycles. The summed E-state index contributed by atoms with van der Waals surface area (Å²) in [5, 5.41) is 3.11. The molecule has 6 heteroatoms. The van der Waals surface area contributed by atoms with E-state index in [0.717, 1.165) is 32.5 Å². The van der Waals surface area contributed by atoms with Gasteiger partial charge in [0.25, 0.3) is 0 Å². The number of likely N-dealkylation sites (tertiary alicyclic amines) is 1. The highest BCUT2D eigenvalue weighted by Crippen LogP contribution is 2.18. The van der Waals surface area contributed by atoms with E-state index in [4.69, 9.17) is 0 Å². The maximum absolute atomic E-state index is 11.7. The van der Waals surface area contributed by atoms with Crippen LogP contribution in [-0.4, -0.2) is 58.8 Å². The molecule has 0 aliphatic carbocycles. The number of nitrogens with one attached hydrogen (secondary N) is 2. The van der Waals surface area contributed by atoms with Gasteiger partial charge >= 0.3 is 0 Å². The Bertz CT molecular complexity index is 325. The molecular weight excluding hydrogens is 262 g/mol. The number of hydrogen-bond acceptors (Lipinski definition) is 4. The Morgan fingerprint density at radius 1 is 1.16 bits per heavy atom. The fraction of sp³-hybridized carbons (Fsp3) is 1.00. The van der Waals surface area contributed by atoms with Gasteiger partial charge in [-0.1, -0.05) is 6.92 Å². The lowest BCUT2D eigenvalue weighted by molar-refractivity contribution is 0.213. The SMILES string of the molecule is CCCNCCS(=O)(=O)NCCC1CCN(C)CC1. The molecule has 1 heterocycles. The van der Waals surface area contributed by atoms with Gasteiger partial charge in [0.1, 0.15) is 0 Å². The Kier molecular flexibility index (Phi) is 7.90. The van der Waals surface area contributed by atoms with Gasteiger partial charge < -0.3 is 10.2 Å². The molecule has 19 heavy (non-hydrogen) atoms. The molecule has 114 valence electrons. The molecule has 0 unspecified atom stereocenters. The summed E-state index contributed by atoms with van der Waals surface area (Å²) < 4.78 is 26.2. The van der Waals surface area contributed by atoms with Crippen molar-refractivity contribution in [1.29, 1.82) is 0 Å². The molecule has 0 amide bonds. The minimum Gasteiger partial charge on any atom is -0.316 e. The van der Waals surface area contributed by atoms with Crippen LogP contribution in [0.25, 0.3) is 0 Å². The van der Waals surface area contributed by atoms with Crippen LogP contribution >= 0.6 is 0 Å². The van der Waals surface area contributed by atoms with Crippen molar-refractivity contribution in [1.82, 2.24) is 14.9 Å². The summed E-state index contributed by atoms with van der Waals surface area (Å²) in [6.07, 6.45) is 4.38. The van der Waals surface area contributed by atoms with E-state index >= 15 is 0 Å². The first kappa shape index (κ1) is 16.9. The lowest BCUT2D eigenvalue weighted by atomic mass is 9.94. The number of sulfonamides is 1. The summed E-state index contributed by atoms with van der Waals surface area (Å²) in [5.74, 6) is 0.859. The van der Waals surface area contributed by atoms with Crippen LogP contribution in [0.5, 0.6) is 0 Å². The van der Waals surface area contributed by atoms with Crippen molar-refractivity contribution in [2.24, 2.45) is 5.92 Å². The van der Waals surface area contributed by atoms with E-state index in [1.807, 2.05) is 0 Å². The van der Waals surface area contributed by atoms with E-state index < -0.39 is 10.0 Å². The fourth-order valence-corrected chi connectivity index (χ4v) is 3.34. The normalized spacial score (nSPS) is 18.8. The molecule has 1 rings (SSSR count). The summed E-state index contributed by atoms with van der Waals surface area (Å²) in [6, 6.07) is 0. The number of nitrogens with zero attached hydrogens (tertiary/aromatic N) is 1. The first-order valence-corrected chi connectivity index (χ1v) is 9.05. The number of piperidine rings is 1. The average molecular weight is 291 g/mol. The molecule has 0 aromatic rings. The predicted molar refractivity (Wildman–Crippen MR) is 79.8 cm³/mol. The van der Waals surface area contributed by atoms with Crippen molar-refractivity contribution in [2.45, 2.75) is 32.6 Å². The van der Waals surface area contributed by atoms with Crippen molar-refractivity contribution >= 4 is 10.0 Å². The van der Waals surface area contributed by atoms with Crippen LogP contribution in [0.4, 0.5) is 0 Å². The zero-order chi connectivity index (χ0) is 14.1. The second kappa shape index (κ2) is 8.89. The highest BCUT2D eigenvalue weighted by Gasteiger charge is 2.17. The quantitative estimate of drug-likeness (QED) is 0.612. The van der Waals surface area contributed by atoms with Crippen molar-refractivity contribution in [3.05, 3.63) is 0 Å². The summed E-state index contributed by atoms with van der Waals surface area (Å²) in [6.45, 7) is 6.35. The number of hydrogen-bond donors (Lipinski definition) is 2. The zero-order valence-corrected chi connectivity index (χ0v) is 13.1. The monoisotopic (exact) mass is 291 g/mol. The molecule has 1 fully saturated rings. The van der Waals surface area contributed by atoms with Crippen LogP contribution in [0.2, 0.25) is 0 Å². The van der Waals surface area contributed by atoms with Gasteiger partial charge in [0.15, 0.2) is 0 Å². The molecule has 0 bridgehead atoms. The average Bonchev–Trinajstić information content (AvgIpc) is 2.37. The Labute approximate surface area is 118 Å². The predicted octanol–water partition coefficient (Wildman–Crippen LogP) is 0.637. The van der Waals surface area contributed by atoms with Gasteiger partial charge in [0, 0.05) is 13.1 Å². The summed E-state index contributed by atoms with van der Waals surface area (Å²) in [5.41, 5.74) is 0. The molecule has 0 spiro atoms. The van der Waals surface area contributed by atoms with Crippen LogP contribution in [0, 0.1) is 5.92 Å². The standard InChI is InChI=1S/C13H29N3O2S/c1-3-7-14-9-12-19(17,18)15-8-4-13-5-10-16(2)11-6-13/h13-15H,3-12H2,1-2H3. The lowest BCUT2D eigenvalue weighted by Gasteiger charge is -2.28. The molecule has 0 aromatic heterocycles. The third kappa shape index (κ3) is 7.87. The minimum atomic E-state index is -3.10. The lowest BCUT2D eigenvalue weighted by Crippen LogP contribution is -2.35. The van der Waals surface area contributed by atoms with E-state index in [2.05, 4.69) is 28.9 Å². The third-order valence-electron chi connectivity index (χ3n) is 3.69. The van der Waals surface area contributed by atoms with Crippen LogP contribution in [0.3, 0.4) is 0 Å². The maximum atomic E-state index is 11.7. The fourth-order valence-electron chi connectivity index (χ4n) is 2.35. The maximum Gasteiger partial charge on any atom is 0.212 e. The smallest absolute Gasteiger partial charge is 0.212 e. The van der Waals surface area contributed by atoms with Gasteiger partial charge in [-0.2, -0.15) is 0 Å². The van der Waals surface area contributed by atoms with E-state index in [0.29, 0.717) is 19.0 Å². The molecule has 0 atom stereocenters. The van der Waals surface area contributed by atoms with Crippen molar-refractivity contribution in [3.8, 4) is 0 Å². The molecule has 0 saturated carbocycles. The molecular formula is C13H29N3O2S. The Balaban J connectivity index is 2.10. The minimum absolute atomic E-state index is 0.181. The molecule has 5 nitrogen and oxygen atoms in total. The second-order valence-corrected chi connectivity index (χ2v) is 7.42. The van der Waals surface area contributed by atoms with Gasteiger partial charge in [-0.3, -0.25) is 0 Å². The van der Waals surface area contributed by atoms with E-state index in [9.17, 15) is 8.42 Å². The van der Waals surface area contributed by atoms with Gasteiger partial charge in [0.05, 0.1) is 5.75 Å². The van der Waals surface area contributed by atoms with E-state index in [1.165, 1.54) is 12.8 Å². The van der Waals surface area contributed by atoms with Gasteiger partial charge in [-0.05, 0) is 58.3 Å². The molecule has 1 aliphatic heterocycles. The molecule has 0 aromatic carbocycles. The zero-order valence-electron chi connectivity index (χ0n) is 12.3. The van der Waals surface area contributed by atoms with Crippen LogP contribution in [-0.2, 0) is 10.0 Å². The molecule has 1 aliphatic rings. The first-order chi connectivity index (χ1) is 9.03. The third-order valence-corrected chi connectivity index (χ3v) is 5.07. The Morgan fingerprint density at radius 2 is 1.84 bits per heavy atom. The van der Waals surface area contributed by atoms with Crippen molar-refractivity contribution < 1.29 is 8.42 Å². The largest absolute Gasteiger partial charge is 0.316 e. The Hall–Kier alpha value is -0.170. The van der Waals surface area contributed by atoms with Crippen LogP contribution in [0.1, 0.15) is 32.6 Å². The van der Waals surface area contributed by atoms with Crippen molar-refractivity contribution in [3.63, 3.8) is 0 Å². The van der Waals surface area contributed by atoms with Crippen molar-refractivity contribution in [2.75, 3.05) is 45.5 Å². The summed E-state index contributed by atoms with van der Waals surface area (Å²) >= 11 is 0. The molecule has 0 radical (unpaired) electrons. The highest BCUT2D eigenvalue weighted by atomic mass is 32.2. The first-order valence-electron chi connectivity index (χ1n) is 7.40. The summed E-state index contributed by atoms with van der Waals surface area (Å²) in [4.78, 5) is 2.33. The van der Waals surface area contributed by atoms with E-state index in [-0.39, 0.29) is 5.75 Å². The molecule has 2 N–H and O–H groups in total. The van der Waals surface area contributed by atoms with Crippen LogP contribution in [0.15, 0.2) is 0 Å². The second-order valence-electron chi connectivity index (χ2n) is 5.50. The van der Waals surface area contributed by atoms with Gasteiger partial charge in [0.2, 0.25) is 10.0 Å². The topological polar surface area (TPSA) is 61.4 Å². The highest BCUT2D eigenvalue weighted by molar-refractivity contribution is 7.89. The number of rotatable bonds is 9. The summed E-state index contributed by atoms with van der Waals surface area (Å²) in [7, 11) is -0.955. The van der Waals surface area contributed by atoms with E-state index in [1.54, 1.807) is 0 Å².